The smallest absolute Gasteiger partial charge is 0.261 e. The molecule has 0 radical (unpaired) electrons. The molecule has 0 aliphatic carbocycles. The van der Waals surface area contributed by atoms with Crippen molar-refractivity contribution in [3.05, 3.63) is 76.3 Å². The van der Waals surface area contributed by atoms with Crippen molar-refractivity contribution in [3.63, 3.8) is 0 Å². The number of benzene rings is 2. The normalized spacial score (nSPS) is 12.3. The van der Waals surface area contributed by atoms with Gasteiger partial charge < -0.3 is 5.32 Å². The number of para-hydroxylation sites is 1. The lowest BCUT2D eigenvalue weighted by Gasteiger charge is -2.23. The topological polar surface area (TPSA) is 64.0 Å². The van der Waals surface area contributed by atoms with Crippen molar-refractivity contribution < 1.29 is 4.79 Å². The van der Waals surface area contributed by atoms with Gasteiger partial charge >= 0.3 is 0 Å². The number of rotatable bonds is 7. The number of nitrogens with one attached hydrogen (secondary N) is 1. The number of carbonyl (C=O) groups excluding carboxylic acids is 1. The highest BCUT2D eigenvalue weighted by molar-refractivity contribution is 5.77. The van der Waals surface area contributed by atoms with Crippen LogP contribution in [0.5, 0.6) is 0 Å². The van der Waals surface area contributed by atoms with Crippen molar-refractivity contribution >= 4 is 16.8 Å². The van der Waals surface area contributed by atoms with Crippen LogP contribution in [-0.4, -0.2) is 15.5 Å². The van der Waals surface area contributed by atoms with E-state index in [1.165, 1.54) is 16.5 Å². The van der Waals surface area contributed by atoms with E-state index < -0.39 is 0 Å². The minimum Gasteiger partial charge on any atom is -0.349 e. The summed E-state index contributed by atoms with van der Waals surface area (Å²) in [5.74, 6) is 0.194. The minimum absolute atomic E-state index is 0.0511. The Labute approximate surface area is 165 Å². The fraction of sp³-hybridized carbons (Fsp3) is 0.348. The number of amides is 1. The average molecular weight is 377 g/mol. The predicted octanol–water partition coefficient (Wildman–Crippen LogP) is 3.86. The predicted molar refractivity (Wildman–Crippen MR) is 112 cm³/mol. The second kappa shape index (κ2) is 8.83. The van der Waals surface area contributed by atoms with E-state index in [1.54, 1.807) is 6.07 Å². The summed E-state index contributed by atoms with van der Waals surface area (Å²) in [7, 11) is 0. The highest BCUT2D eigenvalue weighted by atomic mass is 16.2. The van der Waals surface area contributed by atoms with Crippen LogP contribution >= 0.6 is 0 Å². The lowest BCUT2D eigenvalue weighted by Crippen LogP contribution is -2.33. The molecule has 28 heavy (non-hydrogen) atoms. The number of aromatic nitrogens is 2. The molecule has 146 valence electrons. The van der Waals surface area contributed by atoms with E-state index in [4.69, 9.17) is 0 Å². The van der Waals surface area contributed by atoms with Crippen molar-refractivity contribution in [1.82, 2.24) is 14.9 Å². The van der Waals surface area contributed by atoms with Crippen LogP contribution in [0.4, 0.5) is 0 Å². The molecule has 0 aliphatic rings. The molecule has 0 saturated carbocycles. The van der Waals surface area contributed by atoms with Crippen molar-refractivity contribution in [2.75, 3.05) is 0 Å². The molecule has 1 atom stereocenters. The molecule has 1 heterocycles. The molecule has 1 amide bonds. The molecule has 2 aromatic carbocycles. The molecule has 0 aliphatic heterocycles. The molecule has 1 N–H and O–H groups in total. The molecule has 1 unspecified atom stereocenters. The first-order chi connectivity index (χ1) is 13.5. The van der Waals surface area contributed by atoms with Crippen molar-refractivity contribution in [1.29, 1.82) is 0 Å². The highest BCUT2D eigenvalue weighted by Gasteiger charge is 2.18. The van der Waals surface area contributed by atoms with Gasteiger partial charge in [0.15, 0.2) is 0 Å². The van der Waals surface area contributed by atoms with Gasteiger partial charge in [0.05, 0.1) is 23.3 Å². The summed E-state index contributed by atoms with van der Waals surface area (Å²) in [5, 5.41) is 3.69. The van der Waals surface area contributed by atoms with Crippen molar-refractivity contribution in [3.8, 4) is 0 Å². The Kier molecular flexibility index (Phi) is 6.24. The van der Waals surface area contributed by atoms with Gasteiger partial charge in [-0.05, 0) is 35.6 Å². The van der Waals surface area contributed by atoms with E-state index in [-0.39, 0.29) is 29.8 Å². The summed E-state index contributed by atoms with van der Waals surface area (Å²) in [6.45, 7) is 6.62. The first-order valence-corrected chi connectivity index (χ1v) is 9.82. The molecule has 3 aromatic rings. The van der Waals surface area contributed by atoms with Gasteiger partial charge in [0.1, 0.15) is 0 Å². The Morgan fingerprint density at radius 2 is 1.82 bits per heavy atom. The zero-order valence-electron chi connectivity index (χ0n) is 16.7. The molecular weight excluding hydrogens is 350 g/mol. The van der Waals surface area contributed by atoms with Gasteiger partial charge in [-0.25, -0.2) is 4.98 Å². The maximum atomic E-state index is 12.6. The van der Waals surface area contributed by atoms with Gasteiger partial charge in [0.25, 0.3) is 5.56 Å². The molecule has 5 nitrogen and oxygen atoms in total. The second-order valence-electron chi connectivity index (χ2n) is 7.39. The second-order valence-corrected chi connectivity index (χ2v) is 7.39. The number of hydrogen-bond acceptors (Lipinski definition) is 3. The van der Waals surface area contributed by atoms with E-state index in [2.05, 4.69) is 55.3 Å². The van der Waals surface area contributed by atoms with E-state index in [1.807, 2.05) is 18.2 Å². The monoisotopic (exact) mass is 377 g/mol. The first-order valence-electron chi connectivity index (χ1n) is 9.82. The van der Waals surface area contributed by atoms with Crippen LogP contribution in [-0.2, 0) is 17.8 Å². The Hall–Kier alpha value is -2.95. The molecule has 5 heteroatoms. The third-order valence-corrected chi connectivity index (χ3v) is 5.04. The quantitative estimate of drug-likeness (QED) is 0.680. The lowest BCUT2D eigenvalue weighted by atomic mass is 9.94. The van der Waals surface area contributed by atoms with Crippen molar-refractivity contribution in [2.24, 2.45) is 5.92 Å². The fourth-order valence-electron chi connectivity index (χ4n) is 3.33. The van der Waals surface area contributed by atoms with Crippen LogP contribution in [0.25, 0.3) is 10.9 Å². The maximum Gasteiger partial charge on any atom is 0.261 e. The van der Waals surface area contributed by atoms with Gasteiger partial charge in [-0.3, -0.25) is 14.2 Å². The first kappa shape index (κ1) is 19.8. The molecule has 0 fully saturated rings. The summed E-state index contributed by atoms with van der Waals surface area (Å²) in [4.78, 5) is 29.4. The number of aryl methyl sites for hydroxylation is 2. The van der Waals surface area contributed by atoms with Crippen LogP contribution in [0.2, 0.25) is 0 Å². The lowest BCUT2D eigenvalue weighted by molar-refractivity contribution is -0.122. The Bertz CT molecular complexity index is 1010. The van der Waals surface area contributed by atoms with E-state index in [9.17, 15) is 9.59 Å². The van der Waals surface area contributed by atoms with Crippen molar-refractivity contribution in [2.45, 2.75) is 46.2 Å². The van der Waals surface area contributed by atoms with Crippen LogP contribution in [0, 0.1) is 5.92 Å². The van der Waals surface area contributed by atoms with Gasteiger partial charge in [-0.1, -0.05) is 57.2 Å². The summed E-state index contributed by atoms with van der Waals surface area (Å²) in [6.07, 6.45) is 2.74. The van der Waals surface area contributed by atoms with Crippen LogP contribution in [0.1, 0.15) is 44.4 Å². The standard InChI is InChI=1S/C23H27N3O2/c1-4-17-9-11-18(12-10-17)22(16(2)3)25-21(27)13-14-26-15-24-20-8-6-5-7-19(20)23(26)28/h5-12,15-16,22H,4,13-14H2,1-3H3,(H,25,27). The highest BCUT2D eigenvalue weighted by Crippen LogP contribution is 2.22. The molecule has 0 bridgehead atoms. The Morgan fingerprint density at radius 1 is 1.11 bits per heavy atom. The van der Waals surface area contributed by atoms with E-state index >= 15 is 0 Å². The summed E-state index contributed by atoms with van der Waals surface area (Å²) in [6, 6.07) is 15.6. The van der Waals surface area contributed by atoms with Crippen LogP contribution < -0.4 is 10.9 Å². The molecule has 1 aromatic heterocycles. The maximum absolute atomic E-state index is 12.6. The summed E-state index contributed by atoms with van der Waals surface area (Å²) in [5.41, 5.74) is 2.93. The number of carbonyl (C=O) groups is 1. The summed E-state index contributed by atoms with van der Waals surface area (Å²) >= 11 is 0. The Morgan fingerprint density at radius 3 is 2.50 bits per heavy atom. The Balaban J connectivity index is 1.68. The zero-order valence-corrected chi connectivity index (χ0v) is 16.7. The zero-order chi connectivity index (χ0) is 20.1. The van der Waals surface area contributed by atoms with Crippen LogP contribution in [0.15, 0.2) is 59.7 Å². The molecule has 3 rings (SSSR count). The van der Waals surface area contributed by atoms with E-state index in [0.717, 1.165) is 12.0 Å². The molecule has 0 saturated heterocycles. The molecular formula is C23H27N3O2. The number of fused-ring (bicyclic) bond motifs is 1. The third kappa shape index (κ3) is 4.47. The van der Waals surface area contributed by atoms with Crippen LogP contribution in [0.3, 0.4) is 0 Å². The minimum atomic E-state index is -0.117. The van der Waals surface area contributed by atoms with Gasteiger partial charge in [0.2, 0.25) is 5.91 Å². The SMILES string of the molecule is CCc1ccc(C(NC(=O)CCn2cnc3ccccc3c2=O)C(C)C)cc1. The summed E-state index contributed by atoms with van der Waals surface area (Å²) < 4.78 is 1.50. The average Bonchev–Trinajstić information content (AvgIpc) is 2.71. The fourth-order valence-corrected chi connectivity index (χ4v) is 3.33. The number of nitrogens with zero attached hydrogens (tertiary/aromatic N) is 2. The van der Waals surface area contributed by atoms with E-state index in [0.29, 0.717) is 17.4 Å². The largest absolute Gasteiger partial charge is 0.349 e. The van der Waals surface area contributed by atoms with Gasteiger partial charge in [-0.15, -0.1) is 0 Å². The third-order valence-electron chi connectivity index (χ3n) is 5.04. The van der Waals surface area contributed by atoms with Gasteiger partial charge in [0, 0.05) is 13.0 Å². The van der Waals surface area contributed by atoms with Gasteiger partial charge in [-0.2, -0.15) is 0 Å². The number of hydrogen-bond donors (Lipinski definition) is 1. The molecule has 0 spiro atoms.